The molecule has 0 amide bonds. The zero-order valence-corrected chi connectivity index (χ0v) is 13.4. The molecule has 1 aromatic heterocycles. The van der Waals surface area contributed by atoms with Crippen LogP contribution in [0.1, 0.15) is 17.9 Å². The number of carbonyl (C=O) groups is 1. The van der Waals surface area contributed by atoms with Crippen LogP contribution in [0.15, 0.2) is 9.42 Å². The second-order valence-corrected chi connectivity index (χ2v) is 7.44. The van der Waals surface area contributed by atoms with Crippen LogP contribution < -0.4 is 0 Å². The summed E-state index contributed by atoms with van der Waals surface area (Å²) in [5.74, 6) is 0.0985. The Morgan fingerprint density at radius 3 is 2.36 bits per heavy atom. The number of hydrogen-bond acceptors (Lipinski definition) is 7. The first-order chi connectivity index (χ1) is 10.4. The number of hydrogen-bond donors (Lipinski definition) is 0. The predicted octanol–water partition coefficient (Wildman–Crippen LogP) is -0.0868. The number of ether oxygens (including phenoxy) is 1. The molecule has 122 valence electrons. The molecular weight excluding hydrogens is 310 g/mol. The Morgan fingerprint density at radius 1 is 1.18 bits per heavy atom. The third kappa shape index (κ3) is 2.53. The number of esters is 1. The van der Waals surface area contributed by atoms with Crippen LogP contribution in [-0.2, 0) is 19.6 Å². The van der Waals surface area contributed by atoms with E-state index in [1.807, 2.05) is 4.90 Å². The Morgan fingerprint density at radius 2 is 1.86 bits per heavy atom. The fourth-order valence-electron chi connectivity index (χ4n) is 3.04. The summed E-state index contributed by atoms with van der Waals surface area (Å²) < 4.78 is 36.8. The first-order valence-corrected chi connectivity index (χ1v) is 8.69. The molecule has 2 fully saturated rings. The lowest BCUT2D eigenvalue weighted by atomic mass is 10.2. The van der Waals surface area contributed by atoms with Crippen LogP contribution in [0.25, 0.3) is 0 Å². The maximum Gasteiger partial charge on any atom is 0.323 e. The molecule has 3 rings (SSSR count). The molecule has 1 atom stereocenters. The Bertz CT molecular complexity index is 656. The maximum absolute atomic E-state index is 12.7. The highest BCUT2D eigenvalue weighted by Gasteiger charge is 2.38. The van der Waals surface area contributed by atoms with Crippen LogP contribution in [0.4, 0.5) is 0 Å². The smallest absolute Gasteiger partial charge is 0.323 e. The summed E-state index contributed by atoms with van der Waals surface area (Å²) in [5, 5.41) is 3.71. The predicted molar refractivity (Wildman–Crippen MR) is 75.7 cm³/mol. The number of sulfonamides is 1. The van der Waals surface area contributed by atoms with Crippen LogP contribution in [0.5, 0.6) is 0 Å². The van der Waals surface area contributed by atoms with Crippen molar-refractivity contribution in [2.45, 2.75) is 31.2 Å². The molecule has 22 heavy (non-hydrogen) atoms. The third-order valence-electron chi connectivity index (χ3n) is 4.19. The van der Waals surface area contributed by atoms with Gasteiger partial charge in [-0.15, -0.1) is 0 Å². The van der Waals surface area contributed by atoms with Crippen LogP contribution in [0.3, 0.4) is 0 Å². The number of aryl methyl sites for hydroxylation is 2. The average molecular weight is 329 g/mol. The molecule has 0 aliphatic carbocycles. The SMILES string of the molecule is Cc1noc(C)c1S(=O)(=O)N1CCN(C2CCOC2=O)CC1. The monoisotopic (exact) mass is 329 g/mol. The van der Waals surface area contributed by atoms with Gasteiger partial charge in [0.1, 0.15) is 16.6 Å². The van der Waals surface area contributed by atoms with Gasteiger partial charge in [-0.3, -0.25) is 9.69 Å². The second kappa shape index (κ2) is 5.64. The zero-order chi connectivity index (χ0) is 15.9. The molecule has 0 N–H and O–H groups in total. The van der Waals surface area contributed by atoms with Crippen molar-refractivity contribution in [2.75, 3.05) is 32.8 Å². The van der Waals surface area contributed by atoms with E-state index in [1.165, 1.54) is 4.31 Å². The van der Waals surface area contributed by atoms with Gasteiger partial charge in [0.2, 0.25) is 10.0 Å². The number of nitrogens with zero attached hydrogens (tertiary/aromatic N) is 3. The Labute approximate surface area is 129 Å². The minimum absolute atomic E-state index is 0.154. The molecule has 1 unspecified atom stereocenters. The summed E-state index contributed by atoms with van der Waals surface area (Å²) in [6.07, 6.45) is 0.676. The molecule has 2 aliphatic heterocycles. The first kappa shape index (κ1) is 15.4. The van der Waals surface area contributed by atoms with E-state index in [0.29, 0.717) is 50.7 Å². The average Bonchev–Trinajstić information content (AvgIpc) is 3.05. The van der Waals surface area contributed by atoms with Gasteiger partial charge in [-0.05, 0) is 13.8 Å². The molecule has 0 saturated carbocycles. The molecule has 2 aliphatic rings. The van der Waals surface area contributed by atoms with Crippen molar-refractivity contribution < 1.29 is 22.5 Å². The van der Waals surface area contributed by atoms with E-state index >= 15 is 0 Å². The summed E-state index contributed by atoms with van der Waals surface area (Å²) in [6.45, 7) is 5.38. The summed E-state index contributed by atoms with van der Waals surface area (Å²) in [6, 6.07) is -0.232. The first-order valence-electron chi connectivity index (χ1n) is 7.25. The largest absolute Gasteiger partial charge is 0.464 e. The molecule has 3 heterocycles. The Hall–Kier alpha value is -1.45. The van der Waals surface area contributed by atoms with Gasteiger partial charge in [0, 0.05) is 32.6 Å². The summed E-state index contributed by atoms with van der Waals surface area (Å²) in [5.41, 5.74) is 0.374. The molecule has 0 spiro atoms. The molecule has 0 bridgehead atoms. The lowest BCUT2D eigenvalue weighted by Crippen LogP contribution is -2.53. The van der Waals surface area contributed by atoms with Crippen molar-refractivity contribution >= 4 is 16.0 Å². The Balaban J connectivity index is 1.72. The normalized spacial score (nSPS) is 24.6. The van der Waals surface area contributed by atoms with Crippen molar-refractivity contribution in [3.8, 4) is 0 Å². The Kier molecular flexibility index (Phi) is 3.96. The van der Waals surface area contributed by atoms with Crippen molar-refractivity contribution in [2.24, 2.45) is 0 Å². The lowest BCUT2D eigenvalue weighted by molar-refractivity contribution is -0.142. The number of cyclic esters (lactones) is 1. The molecule has 9 heteroatoms. The van der Waals surface area contributed by atoms with E-state index in [9.17, 15) is 13.2 Å². The van der Waals surface area contributed by atoms with E-state index in [0.717, 1.165) is 0 Å². The highest BCUT2D eigenvalue weighted by atomic mass is 32.2. The van der Waals surface area contributed by atoms with E-state index in [4.69, 9.17) is 9.26 Å². The standard InChI is InChI=1S/C13H19N3O5S/c1-9-12(10(2)21-14-9)22(18,19)16-6-4-15(5-7-16)11-3-8-20-13(11)17/h11H,3-8H2,1-2H3. The molecule has 0 aromatic carbocycles. The van der Waals surface area contributed by atoms with E-state index in [2.05, 4.69) is 5.16 Å². The lowest BCUT2D eigenvalue weighted by Gasteiger charge is -2.35. The van der Waals surface area contributed by atoms with Crippen LogP contribution in [0.2, 0.25) is 0 Å². The quantitative estimate of drug-likeness (QED) is 0.716. The number of rotatable bonds is 3. The van der Waals surface area contributed by atoms with Crippen LogP contribution in [0, 0.1) is 13.8 Å². The van der Waals surface area contributed by atoms with Crippen molar-refractivity contribution in [3.63, 3.8) is 0 Å². The van der Waals surface area contributed by atoms with E-state index < -0.39 is 10.0 Å². The van der Waals surface area contributed by atoms with Crippen molar-refractivity contribution in [3.05, 3.63) is 11.5 Å². The van der Waals surface area contributed by atoms with Crippen LogP contribution >= 0.6 is 0 Å². The van der Waals surface area contributed by atoms with E-state index in [1.54, 1.807) is 13.8 Å². The van der Waals surface area contributed by atoms with Gasteiger partial charge in [-0.1, -0.05) is 5.16 Å². The molecular formula is C13H19N3O5S. The summed E-state index contributed by atoms with van der Waals surface area (Å²) in [4.78, 5) is 13.8. The summed E-state index contributed by atoms with van der Waals surface area (Å²) in [7, 11) is -3.61. The number of aromatic nitrogens is 1. The topological polar surface area (TPSA) is 93.0 Å². The van der Waals surface area contributed by atoms with Crippen molar-refractivity contribution in [1.29, 1.82) is 0 Å². The number of carbonyl (C=O) groups excluding carboxylic acids is 1. The fourth-order valence-corrected chi connectivity index (χ4v) is 4.76. The highest BCUT2D eigenvalue weighted by Crippen LogP contribution is 2.25. The minimum atomic E-state index is -3.61. The molecule has 1 aromatic rings. The van der Waals surface area contributed by atoms with Gasteiger partial charge in [-0.2, -0.15) is 4.31 Å². The van der Waals surface area contributed by atoms with Gasteiger partial charge >= 0.3 is 5.97 Å². The van der Waals surface area contributed by atoms with Gasteiger partial charge in [-0.25, -0.2) is 8.42 Å². The second-order valence-electron chi connectivity index (χ2n) is 5.57. The van der Waals surface area contributed by atoms with E-state index in [-0.39, 0.29) is 16.9 Å². The van der Waals surface area contributed by atoms with Crippen molar-refractivity contribution in [1.82, 2.24) is 14.4 Å². The third-order valence-corrected chi connectivity index (χ3v) is 6.33. The fraction of sp³-hybridized carbons (Fsp3) is 0.692. The van der Waals surface area contributed by atoms with Gasteiger partial charge in [0.15, 0.2) is 5.76 Å². The zero-order valence-electron chi connectivity index (χ0n) is 12.6. The van der Waals surface area contributed by atoms with Gasteiger partial charge in [0.25, 0.3) is 0 Å². The molecule has 8 nitrogen and oxygen atoms in total. The van der Waals surface area contributed by atoms with Crippen LogP contribution in [-0.4, -0.2) is 67.6 Å². The molecule has 0 radical (unpaired) electrons. The highest BCUT2D eigenvalue weighted by molar-refractivity contribution is 7.89. The summed E-state index contributed by atoms with van der Waals surface area (Å²) >= 11 is 0. The maximum atomic E-state index is 12.7. The van der Waals surface area contributed by atoms with Gasteiger partial charge in [0.05, 0.1) is 6.61 Å². The number of piperazine rings is 1. The van der Waals surface area contributed by atoms with Gasteiger partial charge < -0.3 is 9.26 Å². The molecule has 2 saturated heterocycles. The minimum Gasteiger partial charge on any atom is -0.464 e.